The van der Waals surface area contributed by atoms with E-state index in [1.807, 2.05) is 73.7 Å². The van der Waals surface area contributed by atoms with Gasteiger partial charge in [0.25, 0.3) is 0 Å². The summed E-state index contributed by atoms with van der Waals surface area (Å²) in [7, 11) is 0. The molecule has 13 nitrogen and oxygen atoms in total. The summed E-state index contributed by atoms with van der Waals surface area (Å²) in [6.45, 7) is 3.98. The molecule has 0 aliphatic rings. The monoisotopic (exact) mass is 630 g/mol. The minimum atomic E-state index is -1.00. The smallest absolute Gasteiger partial charge is 0.412 e. The number of anilines is 1. The molecule has 9 N–H and O–H groups in total. The van der Waals surface area contributed by atoms with Gasteiger partial charge in [-0.1, -0.05) is 84.0 Å². The van der Waals surface area contributed by atoms with E-state index in [0.717, 1.165) is 27.8 Å². The maximum atomic E-state index is 12.5. The lowest BCUT2D eigenvalue weighted by molar-refractivity contribution is -0.139. The molecule has 0 spiro atoms. The number of ether oxygens (including phenoxy) is 1. The summed E-state index contributed by atoms with van der Waals surface area (Å²) in [5.74, 6) is -1.41. The van der Waals surface area contributed by atoms with Crippen LogP contribution >= 0.6 is 0 Å². The molecule has 46 heavy (non-hydrogen) atoms. The fourth-order valence-electron chi connectivity index (χ4n) is 4.24. The van der Waals surface area contributed by atoms with E-state index in [2.05, 4.69) is 15.5 Å². The number of guanidine groups is 1. The number of aryl methyl sites for hydroxylation is 1. The number of amides is 1. The molecule has 4 aromatic rings. The second-order valence-electron chi connectivity index (χ2n) is 10.3. The van der Waals surface area contributed by atoms with Crippen molar-refractivity contribution in [1.82, 2.24) is 5.16 Å². The van der Waals surface area contributed by atoms with Crippen LogP contribution in [-0.4, -0.2) is 51.9 Å². The number of hydrogen-bond donors (Lipinski definition) is 6. The van der Waals surface area contributed by atoms with Crippen LogP contribution in [-0.2, 0) is 20.7 Å². The Hall–Kier alpha value is -5.69. The fourth-order valence-corrected chi connectivity index (χ4v) is 4.24. The van der Waals surface area contributed by atoms with E-state index >= 15 is 0 Å². The number of carboxylic acid groups (broad SMARTS) is 2. The molecule has 0 fully saturated rings. The van der Waals surface area contributed by atoms with Crippen molar-refractivity contribution in [2.45, 2.75) is 45.3 Å². The number of nitrogens with zero attached hydrogens (tertiary/aromatic N) is 2. The number of aliphatic imine (C=N–C) groups is 1. The van der Waals surface area contributed by atoms with Gasteiger partial charge < -0.3 is 36.7 Å². The molecule has 13 heteroatoms. The number of carbonyl (C=O) groups is 3. The quantitative estimate of drug-likeness (QED) is 0.0713. The van der Waals surface area contributed by atoms with Gasteiger partial charge in [-0.05, 0) is 48.9 Å². The normalized spacial score (nSPS) is 11.7. The van der Waals surface area contributed by atoms with Crippen molar-refractivity contribution in [3.05, 3.63) is 95.7 Å². The Bertz CT molecular complexity index is 1620. The second kappa shape index (κ2) is 17.0. The van der Waals surface area contributed by atoms with Crippen LogP contribution in [0, 0.1) is 6.92 Å². The predicted molar refractivity (Wildman–Crippen MR) is 174 cm³/mol. The highest BCUT2D eigenvalue weighted by Gasteiger charge is 2.20. The lowest BCUT2D eigenvalue weighted by Crippen LogP contribution is -2.30. The second-order valence-corrected chi connectivity index (χ2v) is 10.3. The molecule has 1 aromatic heterocycles. The highest BCUT2D eigenvalue weighted by molar-refractivity contribution is 5.91. The first-order valence-electron chi connectivity index (χ1n) is 14.4. The predicted octanol–water partition coefficient (Wildman–Crippen LogP) is 4.71. The molecule has 0 radical (unpaired) electrons. The van der Waals surface area contributed by atoms with E-state index in [1.165, 1.54) is 0 Å². The molecule has 0 saturated heterocycles. The lowest BCUT2D eigenvalue weighted by Gasteiger charge is -2.14. The maximum absolute atomic E-state index is 12.5. The van der Waals surface area contributed by atoms with Crippen molar-refractivity contribution in [3.8, 4) is 22.5 Å². The molecular weight excluding hydrogens is 592 g/mol. The van der Waals surface area contributed by atoms with E-state index < -0.39 is 30.2 Å². The highest BCUT2D eigenvalue weighted by atomic mass is 16.6. The van der Waals surface area contributed by atoms with Gasteiger partial charge in [0.2, 0.25) is 0 Å². The average Bonchev–Trinajstić information content (AvgIpc) is 3.39. The first-order chi connectivity index (χ1) is 21.9. The Morgan fingerprint density at radius 3 is 2.09 bits per heavy atom. The number of nitrogens with two attached hydrogens (primary N) is 3. The zero-order chi connectivity index (χ0) is 33.6. The molecular formula is C33H38N6O7. The van der Waals surface area contributed by atoms with E-state index in [1.54, 1.807) is 19.1 Å². The summed E-state index contributed by atoms with van der Waals surface area (Å²) in [6, 6.07) is 23.7. The van der Waals surface area contributed by atoms with Gasteiger partial charge in [-0.2, -0.15) is 0 Å². The van der Waals surface area contributed by atoms with Crippen molar-refractivity contribution in [1.29, 1.82) is 0 Å². The molecule has 0 saturated carbocycles. The number of nitrogens with one attached hydrogen (secondary N) is 1. The van der Waals surface area contributed by atoms with Gasteiger partial charge in [-0.15, -0.1) is 0 Å². The Kier molecular flexibility index (Phi) is 12.8. The lowest BCUT2D eigenvalue weighted by atomic mass is 10.0. The maximum Gasteiger partial charge on any atom is 0.412 e. The Morgan fingerprint density at radius 2 is 1.52 bits per heavy atom. The minimum Gasteiger partial charge on any atom is -0.481 e. The summed E-state index contributed by atoms with van der Waals surface area (Å²) in [6.07, 6.45) is -0.0582. The Morgan fingerprint density at radius 1 is 0.935 bits per heavy atom. The Labute approximate surface area is 266 Å². The van der Waals surface area contributed by atoms with Crippen molar-refractivity contribution >= 4 is 29.7 Å². The van der Waals surface area contributed by atoms with Crippen molar-refractivity contribution < 1.29 is 33.9 Å². The van der Waals surface area contributed by atoms with Crippen molar-refractivity contribution in [2.75, 3.05) is 11.9 Å². The first-order valence-corrected chi connectivity index (χ1v) is 14.4. The third-order valence-electron chi connectivity index (χ3n) is 6.72. The number of aromatic nitrogens is 1. The molecule has 0 aliphatic heterocycles. The molecule has 4 rings (SSSR count). The van der Waals surface area contributed by atoms with Gasteiger partial charge in [0.15, 0.2) is 11.7 Å². The number of carboxylic acids is 2. The number of benzene rings is 3. The van der Waals surface area contributed by atoms with Crippen LogP contribution in [0.2, 0.25) is 0 Å². The molecule has 3 aromatic carbocycles. The Balaban J connectivity index is 0.000000409. The van der Waals surface area contributed by atoms with Crippen LogP contribution in [0.4, 0.5) is 10.5 Å². The number of aliphatic carboxylic acids is 2. The van der Waals surface area contributed by atoms with Gasteiger partial charge in [0.05, 0.1) is 6.42 Å². The average molecular weight is 631 g/mol. The molecule has 0 unspecified atom stereocenters. The highest BCUT2D eigenvalue weighted by Crippen LogP contribution is 2.33. The van der Waals surface area contributed by atoms with E-state index in [4.69, 9.17) is 36.7 Å². The molecule has 2 atom stereocenters. The standard InChI is InChI=1S/C27H24N2O5.C6H14N4O2/c1-17-25(28-27(32)33-18(2)20-6-4-3-5-7-20)26(34-29-17)23-14-12-22(13-15-23)21-10-8-19(9-11-21)16-24(30)31;7-4(5(11)12)2-1-3-10-6(8)9/h3-15,18H,16H2,1-2H3,(H,28,32)(H,30,31);4H,1-3,7H2,(H,11,12)(H4,8,9,10)/t18-;4-/m10/s1. The van der Waals surface area contributed by atoms with Crippen LogP contribution in [0.1, 0.15) is 42.7 Å². The summed E-state index contributed by atoms with van der Waals surface area (Å²) in [5.41, 5.74) is 20.6. The van der Waals surface area contributed by atoms with Crippen LogP contribution in [0.15, 0.2) is 88.4 Å². The molecule has 0 aliphatic carbocycles. The summed E-state index contributed by atoms with van der Waals surface area (Å²) in [5, 5.41) is 24.1. The van der Waals surface area contributed by atoms with Crippen LogP contribution < -0.4 is 22.5 Å². The first kappa shape index (κ1) is 34.8. The number of hydrogen-bond acceptors (Lipinski definition) is 8. The topological polar surface area (TPSA) is 229 Å². The third kappa shape index (κ3) is 10.8. The zero-order valence-corrected chi connectivity index (χ0v) is 25.6. The number of carbonyl (C=O) groups excluding carboxylic acids is 1. The summed E-state index contributed by atoms with van der Waals surface area (Å²) >= 11 is 0. The van der Waals surface area contributed by atoms with E-state index in [-0.39, 0.29) is 12.4 Å². The summed E-state index contributed by atoms with van der Waals surface area (Å²) in [4.78, 5) is 37.3. The molecule has 0 bridgehead atoms. The SMILES string of the molecule is Cc1noc(-c2ccc(-c3ccc(CC(=O)O)cc3)cc2)c1NC(=O)O[C@H](C)c1ccccc1.NC(N)=NCCC[C@H](N)C(=O)O. The molecule has 242 valence electrons. The van der Waals surface area contributed by atoms with E-state index in [0.29, 0.717) is 36.5 Å². The van der Waals surface area contributed by atoms with Gasteiger partial charge in [-0.3, -0.25) is 19.9 Å². The minimum absolute atomic E-state index is 0.00754. The summed E-state index contributed by atoms with van der Waals surface area (Å²) < 4.78 is 11.0. The third-order valence-corrected chi connectivity index (χ3v) is 6.72. The molecule has 1 heterocycles. The van der Waals surface area contributed by atoms with Gasteiger partial charge in [0.1, 0.15) is 23.5 Å². The van der Waals surface area contributed by atoms with Crippen molar-refractivity contribution in [3.63, 3.8) is 0 Å². The largest absolute Gasteiger partial charge is 0.481 e. The fraction of sp³-hybridized carbons (Fsp3) is 0.242. The van der Waals surface area contributed by atoms with Crippen LogP contribution in [0.3, 0.4) is 0 Å². The zero-order valence-electron chi connectivity index (χ0n) is 25.6. The van der Waals surface area contributed by atoms with E-state index in [9.17, 15) is 14.4 Å². The van der Waals surface area contributed by atoms with Gasteiger partial charge in [-0.25, -0.2) is 4.79 Å². The van der Waals surface area contributed by atoms with Gasteiger partial charge in [0, 0.05) is 12.1 Å². The van der Waals surface area contributed by atoms with Crippen LogP contribution in [0.5, 0.6) is 0 Å². The molecule has 1 amide bonds. The van der Waals surface area contributed by atoms with Gasteiger partial charge >= 0.3 is 18.0 Å². The number of rotatable bonds is 12. The van der Waals surface area contributed by atoms with Crippen LogP contribution in [0.25, 0.3) is 22.5 Å². The van der Waals surface area contributed by atoms with Crippen molar-refractivity contribution in [2.24, 2.45) is 22.2 Å².